The van der Waals surface area contributed by atoms with Crippen LogP contribution in [0.15, 0.2) is 172 Å². The van der Waals surface area contributed by atoms with E-state index in [0.717, 1.165) is 76.7 Å². The maximum absolute atomic E-state index is 7.36. The molecule has 1 aromatic heterocycles. The zero-order chi connectivity index (χ0) is 35.2. The molecule has 0 fully saturated rings. The monoisotopic (exact) mass is 695 g/mol. The second kappa shape index (κ2) is 13.4. The van der Waals surface area contributed by atoms with E-state index in [4.69, 9.17) is 13.1 Å². The van der Waals surface area contributed by atoms with E-state index in [0.29, 0.717) is 0 Å². The van der Waals surface area contributed by atoms with Crippen LogP contribution >= 0.6 is 8.16 Å². The second-order valence-corrected chi connectivity index (χ2v) is 14.7. The Kier molecular flexibility index (Phi) is 8.28. The summed E-state index contributed by atoms with van der Waals surface area (Å²) in [5.41, 5.74) is 6.16. The summed E-state index contributed by atoms with van der Waals surface area (Å²) in [6.45, 7) is 4.39. The van der Waals surface area contributed by atoms with Gasteiger partial charge in [0.05, 0.1) is 13.2 Å². The first-order valence-electron chi connectivity index (χ1n) is 17.7. The quantitative estimate of drug-likeness (QED) is 0.166. The minimum Gasteiger partial charge on any atom is -0.496 e. The summed E-state index contributed by atoms with van der Waals surface area (Å²) in [5, 5.41) is 8.95. The van der Waals surface area contributed by atoms with Crippen molar-refractivity contribution in [2.45, 2.75) is 25.9 Å². The first-order valence-corrected chi connectivity index (χ1v) is 18.9. The molecule has 52 heavy (non-hydrogen) atoms. The summed E-state index contributed by atoms with van der Waals surface area (Å²) in [6, 6.07) is 57.5. The lowest BCUT2D eigenvalue weighted by molar-refractivity contribution is 0.407. The highest BCUT2D eigenvalue weighted by molar-refractivity contribution is 7.39. The van der Waals surface area contributed by atoms with Crippen molar-refractivity contribution < 1.29 is 13.1 Å². The Bertz CT molecular complexity index is 2680. The number of aryl methyl sites for hydroxylation is 1. The number of hydrogen-bond acceptors (Lipinski definition) is 4. The maximum Gasteiger partial charge on any atom is 0.311 e. The zero-order valence-electron chi connectivity index (χ0n) is 29.4. The van der Waals surface area contributed by atoms with Gasteiger partial charge in [0.15, 0.2) is 0 Å². The standard InChI is InChI=1S/C47H38NO3P/c1-31-21-23-37(24-22-31)47(46-40-20-12-9-17-36(40)25-28-41(46)49-3)48(32(2)33-13-5-4-6-14-33)52-50-42-29-26-34-15-7-10-18-38(34)44(42)45-39-19-11-8-16-35(39)27-30-43(45)51-52/h4-30,32,47H,1-3H3/t32-,47-/m1/s1. The largest absolute Gasteiger partial charge is 0.496 e. The molecule has 254 valence electrons. The van der Waals surface area contributed by atoms with Crippen LogP contribution in [0.25, 0.3) is 54.3 Å². The summed E-state index contributed by atoms with van der Waals surface area (Å²) in [7, 11) is -0.0367. The van der Waals surface area contributed by atoms with Crippen LogP contribution in [0.4, 0.5) is 0 Å². The molecule has 4 nitrogen and oxygen atoms in total. The van der Waals surface area contributed by atoms with Gasteiger partial charge in [-0.05, 0) is 75.5 Å². The first kappa shape index (κ1) is 32.1. The molecule has 0 aliphatic rings. The van der Waals surface area contributed by atoms with Crippen molar-refractivity contribution in [1.29, 1.82) is 0 Å². The number of methoxy groups -OCH3 is 1. The fourth-order valence-electron chi connectivity index (χ4n) is 7.73. The average molecular weight is 696 g/mol. The molecule has 0 bridgehead atoms. The van der Waals surface area contributed by atoms with Crippen molar-refractivity contribution in [3.05, 3.63) is 186 Å². The third-order valence-corrected chi connectivity index (χ3v) is 12.0. The molecular formula is C47H38NO3P. The molecule has 8 aromatic carbocycles. The van der Waals surface area contributed by atoms with Crippen molar-refractivity contribution in [2.75, 3.05) is 11.8 Å². The molecule has 9 rings (SSSR count). The maximum atomic E-state index is 7.36. The third-order valence-electron chi connectivity index (χ3n) is 10.3. The third kappa shape index (κ3) is 5.52. The van der Waals surface area contributed by atoms with Crippen molar-refractivity contribution >= 4 is 62.4 Å². The van der Waals surface area contributed by atoms with Gasteiger partial charge in [0.2, 0.25) is 0 Å². The average Bonchev–Trinajstić information content (AvgIpc) is 3.37. The smallest absolute Gasteiger partial charge is 0.311 e. The lowest BCUT2D eigenvalue weighted by Crippen LogP contribution is -2.30. The fourth-order valence-corrected chi connectivity index (χ4v) is 9.45. The van der Waals surface area contributed by atoms with Crippen LogP contribution < -0.4 is 9.41 Å². The van der Waals surface area contributed by atoms with Gasteiger partial charge < -0.3 is 13.1 Å². The Hall–Kier alpha value is -5.80. The van der Waals surface area contributed by atoms with Crippen molar-refractivity contribution in [2.24, 2.45) is 0 Å². The summed E-state index contributed by atoms with van der Waals surface area (Å²) in [6.07, 6.45) is 0. The topological polar surface area (TPSA) is 38.8 Å². The number of nitrogens with zero attached hydrogens (tertiary/aromatic N) is 1. The summed E-state index contributed by atoms with van der Waals surface area (Å²) in [4.78, 5) is 0. The first-order chi connectivity index (χ1) is 25.6. The molecule has 0 aliphatic heterocycles. The Morgan fingerprint density at radius 3 is 1.60 bits per heavy atom. The Morgan fingerprint density at radius 1 is 0.519 bits per heavy atom. The fraction of sp³-hybridized carbons (Fsp3) is 0.106. The Balaban J connectivity index is 1.45. The van der Waals surface area contributed by atoms with Crippen LogP contribution in [0, 0.1) is 6.92 Å². The predicted octanol–water partition coefficient (Wildman–Crippen LogP) is 13.6. The van der Waals surface area contributed by atoms with E-state index >= 15 is 0 Å². The molecule has 0 unspecified atom stereocenters. The van der Waals surface area contributed by atoms with Gasteiger partial charge in [0.1, 0.15) is 16.9 Å². The van der Waals surface area contributed by atoms with Crippen LogP contribution in [0.1, 0.15) is 41.3 Å². The zero-order valence-corrected chi connectivity index (χ0v) is 30.3. The molecule has 0 N–H and O–H groups in total. The van der Waals surface area contributed by atoms with Gasteiger partial charge >= 0.3 is 8.16 Å². The molecule has 1 heterocycles. The number of ether oxygens (including phenoxy) is 1. The van der Waals surface area contributed by atoms with Gasteiger partial charge in [-0.25, -0.2) is 0 Å². The lowest BCUT2D eigenvalue weighted by Gasteiger charge is -2.35. The number of hydrogen-bond donors (Lipinski definition) is 0. The van der Waals surface area contributed by atoms with E-state index in [1.165, 1.54) is 5.56 Å². The van der Waals surface area contributed by atoms with Crippen molar-refractivity contribution in [3.63, 3.8) is 0 Å². The lowest BCUT2D eigenvalue weighted by atomic mass is 9.91. The van der Waals surface area contributed by atoms with Crippen molar-refractivity contribution in [3.8, 4) is 5.75 Å². The second-order valence-electron chi connectivity index (χ2n) is 13.4. The normalized spacial score (nSPS) is 12.9. The van der Waals surface area contributed by atoms with Gasteiger partial charge in [-0.2, -0.15) is 4.67 Å². The van der Waals surface area contributed by atoms with Crippen LogP contribution in [0.5, 0.6) is 5.75 Å². The molecule has 0 radical (unpaired) electrons. The molecule has 2 atom stereocenters. The summed E-state index contributed by atoms with van der Waals surface area (Å²) < 4.78 is 23.4. The van der Waals surface area contributed by atoms with Gasteiger partial charge in [0, 0.05) is 22.4 Å². The van der Waals surface area contributed by atoms with Crippen LogP contribution in [0.2, 0.25) is 0 Å². The molecule has 0 saturated heterocycles. The summed E-state index contributed by atoms with van der Waals surface area (Å²) >= 11 is 0. The van der Waals surface area contributed by atoms with E-state index in [9.17, 15) is 0 Å². The molecule has 0 aliphatic carbocycles. The van der Waals surface area contributed by atoms with Crippen molar-refractivity contribution in [1.82, 2.24) is 0 Å². The molecule has 0 amide bonds. The van der Waals surface area contributed by atoms with Gasteiger partial charge in [-0.3, -0.25) is 0 Å². The highest BCUT2D eigenvalue weighted by Crippen LogP contribution is 2.52. The minimum absolute atomic E-state index is 0.131. The van der Waals surface area contributed by atoms with E-state index in [-0.39, 0.29) is 12.1 Å². The van der Waals surface area contributed by atoms with E-state index in [1.54, 1.807) is 7.11 Å². The summed E-state index contributed by atoms with van der Waals surface area (Å²) in [5.74, 6) is 0.817. The highest BCUT2D eigenvalue weighted by Gasteiger charge is 2.36. The van der Waals surface area contributed by atoms with E-state index < -0.39 is 8.16 Å². The molecule has 5 heteroatoms. The van der Waals surface area contributed by atoms with Crippen LogP contribution in [-0.2, 0) is 0 Å². The molecule has 0 spiro atoms. The van der Waals surface area contributed by atoms with Crippen LogP contribution in [-0.4, -0.2) is 7.11 Å². The highest BCUT2D eigenvalue weighted by atomic mass is 31.1. The van der Waals surface area contributed by atoms with Gasteiger partial charge in [-0.1, -0.05) is 151 Å². The number of rotatable bonds is 7. The minimum atomic E-state index is -1.80. The predicted molar refractivity (Wildman–Crippen MR) is 218 cm³/mol. The Morgan fingerprint density at radius 2 is 1.02 bits per heavy atom. The van der Waals surface area contributed by atoms with Gasteiger partial charge in [-0.15, -0.1) is 0 Å². The number of benzene rings is 8. The number of fused-ring (bicyclic) bond motifs is 8. The van der Waals surface area contributed by atoms with Gasteiger partial charge in [0.25, 0.3) is 0 Å². The Labute approximate surface area is 304 Å². The van der Waals surface area contributed by atoms with E-state index in [2.05, 4.69) is 182 Å². The molecular weight excluding hydrogens is 657 g/mol. The van der Waals surface area contributed by atoms with E-state index in [1.807, 2.05) is 0 Å². The van der Waals surface area contributed by atoms with Crippen LogP contribution in [0.3, 0.4) is 0 Å². The molecule has 0 saturated carbocycles. The SMILES string of the molecule is COc1ccc2ccccc2c1[C@@H](c1ccc(C)cc1)N([C@H](C)c1ccccc1)p1oc2ccc3ccccc3c2c2c(ccc3ccccc32)o1. The molecule has 9 aromatic rings.